The van der Waals surface area contributed by atoms with Crippen LogP contribution in [0.5, 0.6) is 0 Å². The summed E-state index contributed by atoms with van der Waals surface area (Å²) in [7, 11) is -2.68. The van der Waals surface area contributed by atoms with Crippen molar-refractivity contribution in [1.29, 1.82) is 0 Å². The summed E-state index contributed by atoms with van der Waals surface area (Å²) in [5, 5.41) is 3.89. The van der Waals surface area contributed by atoms with Crippen molar-refractivity contribution in [2.75, 3.05) is 49.0 Å². The third kappa shape index (κ3) is 5.43. The van der Waals surface area contributed by atoms with Gasteiger partial charge >= 0.3 is 6.18 Å². The number of nitrogens with zero attached hydrogens (tertiary/aromatic N) is 5. The fraction of sp³-hybridized carbons (Fsp3) is 0.333. The topological polar surface area (TPSA) is 95.9 Å². The number of aryl methyl sites for hydroxylation is 1. The first kappa shape index (κ1) is 27.7. The third-order valence-corrected chi connectivity index (χ3v) is 8.83. The molecule has 1 saturated heterocycles. The Balaban J connectivity index is 1.57. The van der Waals surface area contributed by atoms with Crippen LogP contribution in [0.15, 0.2) is 68.8 Å². The molecular formula is C27H28F3N5O4S. The molecule has 9 nitrogen and oxygen atoms in total. The van der Waals surface area contributed by atoms with Gasteiger partial charge in [0.2, 0.25) is 11.8 Å². The molecule has 0 atom stereocenters. The summed E-state index contributed by atoms with van der Waals surface area (Å²) in [6.07, 6.45) is -1.31. The van der Waals surface area contributed by atoms with E-state index in [2.05, 4.69) is 10.1 Å². The van der Waals surface area contributed by atoms with E-state index >= 15 is 0 Å². The third-order valence-electron chi connectivity index (χ3n) is 7.03. The van der Waals surface area contributed by atoms with E-state index in [4.69, 9.17) is 8.94 Å². The van der Waals surface area contributed by atoms with Gasteiger partial charge in [0.05, 0.1) is 23.3 Å². The predicted molar refractivity (Wildman–Crippen MR) is 144 cm³/mol. The molecular weight excluding hydrogens is 547 g/mol. The minimum absolute atomic E-state index is 0.0479. The minimum Gasteiger partial charge on any atom is -0.445 e. The molecule has 13 heteroatoms. The van der Waals surface area contributed by atoms with Crippen molar-refractivity contribution >= 4 is 21.6 Å². The quantitative estimate of drug-likeness (QED) is 0.300. The summed E-state index contributed by atoms with van der Waals surface area (Å²) in [5.74, 6) is 0.493. The molecule has 0 radical (unpaired) electrons. The van der Waals surface area contributed by atoms with E-state index in [0.717, 1.165) is 4.31 Å². The van der Waals surface area contributed by atoms with Gasteiger partial charge in [0.25, 0.3) is 10.0 Å². The predicted octanol–water partition coefficient (Wildman–Crippen LogP) is 5.12. The molecule has 2 aromatic carbocycles. The summed E-state index contributed by atoms with van der Waals surface area (Å²) in [6, 6.07) is 12.0. The van der Waals surface area contributed by atoms with E-state index in [1.807, 2.05) is 11.0 Å². The molecule has 0 bridgehead atoms. The van der Waals surface area contributed by atoms with E-state index in [-0.39, 0.29) is 23.9 Å². The van der Waals surface area contributed by atoms with Gasteiger partial charge in [-0.1, -0.05) is 29.4 Å². The highest BCUT2D eigenvalue weighted by molar-refractivity contribution is 7.93. The van der Waals surface area contributed by atoms with Gasteiger partial charge in [-0.05, 0) is 32.0 Å². The summed E-state index contributed by atoms with van der Waals surface area (Å²) in [4.78, 5) is 7.59. The van der Waals surface area contributed by atoms with Crippen LogP contribution in [0.1, 0.15) is 11.3 Å². The molecule has 0 spiro atoms. The maximum absolute atomic E-state index is 13.9. The Morgan fingerprint density at radius 2 is 1.75 bits per heavy atom. The lowest BCUT2D eigenvalue weighted by molar-refractivity contribution is -0.146. The number of hydrogen-bond donors (Lipinski definition) is 0. The summed E-state index contributed by atoms with van der Waals surface area (Å²) in [6.45, 7) is 3.54. The number of sulfonamides is 1. The lowest BCUT2D eigenvalue weighted by Gasteiger charge is -2.37. The van der Waals surface area contributed by atoms with Crippen LogP contribution in [0.4, 0.5) is 24.7 Å². The molecule has 0 saturated carbocycles. The van der Waals surface area contributed by atoms with Crippen molar-refractivity contribution in [3.05, 3.63) is 66.2 Å². The average Bonchev–Trinajstić information content (AvgIpc) is 3.58. The Morgan fingerprint density at radius 3 is 2.38 bits per heavy atom. The van der Waals surface area contributed by atoms with E-state index in [9.17, 15) is 21.6 Å². The van der Waals surface area contributed by atoms with Crippen LogP contribution in [0.25, 0.3) is 22.6 Å². The first-order valence-electron chi connectivity index (χ1n) is 12.5. The summed E-state index contributed by atoms with van der Waals surface area (Å²) >= 11 is 0. The highest BCUT2D eigenvalue weighted by Gasteiger charge is 2.33. The molecule has 1 aliphatic rings. The molecule has 3 heterocycles. The number of benzene rings is 2. The largest absolute Gasteiger partial charge is 0.445 e. The average molecular weight is 576 g/mol. The van der Waals surface area contributed by atoms with Gasteiger partial charge < -0.3 is 13.8 Å². The van der Waals surface area contributed by atoms with Gasteiger partial charge in [-0.2, -0.15) is 13.2 Å². The van der Waals surface area contributed by atoms with E-state index in [0.29, 0.717) is 52.6 Å². The standard InChI is InChI=1S/C27H28F3N5O4S/c1-18-19(2)32-39-26(18)33(3)40(36,37)24-7-5-4-6-22(24)21-9-8-20(25-31-10-15-38-25)16-23(21)35-13-11-34(12-14-35)17-27(28,29)30/h4-10,15-16H,11-14,17H2,1-3H3. The number of hydrogen-bond acceptors (Lipinski definition) is 8. The van der Waals surface area contributed by atoms with E-state index < -0.39 is 22.7 Å². The zero-order valence-corrected chi connectivity index (χ0v) is 23.0. The normalized spacial score (nSPS) is 15.0. The number of aromatic nitrogens is 2. The summed E-state index contributed by atoms with van der Waals surface area (Å²) in [5.41, 5.74) is 3.56. The first-order valence-corrected chi connectivity index (χ1v) is 14.0. The molecule has 1 fully saturated rings. The van der Waals surface area contributed by atoms with Crippen LogP contribution >= 0.6 is 0 Å². The highest BCUT2D eigenvalue weighted by Crippen LogP contribution is 2.40. The molecule has 1 aliphatic heterocycles. The number of halogens is 3. The number of rotatable bonds is 7. The van der Waals surface area contributed by atoms with Gasteiger partial charge in [-0.25, -0.2) is 17.7 Å². The molecule has 0 amide bonds. The maximum Gasteiger partial charge on any atom is 0.401 e. The highest BCUT2D eigenvalue weighted by atomic mass is 32.2. The van der Waals surface area contributed by atoms with Gasteiger partial charge in [0.15, 0.2) is 0 Å². The Kier molecular flexibility index (Phi) is 7.36. The van der Waals surface area contributed by atoms with Crippen LogP contribution in [0.3, 0.4) is 0 Å². The van der Waals surface area contributed by atoms with E-state index in [1.165, 1.54) is 30.5 Å². The Morgan fingerprint density at radius 1 is 1.02 bits per heavy atom. The Labute approximate surface area is 229 Å². The van der Waals surface area contributed by atoms with Crippen LogP contribution < -0.4 is 9.21 Å². The Bertz CT molecular complexity index is 1590. The lowest BCUT2D eigenvalue weighted by atomic mass is 9.99. The fourth-order valence-electron chi connectivity index (χ4n) is 4.79. The van der Waals surface area contributed by atoms with Gasteiger partial charge in [-0.3, -0.25) is 4.90 Å². The molecule has 5 rings (SSSR count). The second-order valence-electron chi connectivity index (χ2n) is 9.61. The van der Waals surface area contributed by atoms with Crippen LogP contribution in [0, 0.1) is 13.8 Å². The number of piperazine rings is 1. The minimum atomic E-state index is -4.28. The summed E-state index contributed by atoms with van der Waals surface area (Å²) < 4.78 is 78.6. The van der Waals surface area contributed by atoms with Gasteiger partial charge in [-0.15, -0.1) is 0 Å². The second-order valence-corrected chi connectivity index (χ2v) is 11.6. The van der Waals surface area contributed by atoms with Crippen molar-refractivity contribution in [3.8, 4) is 22.6 Å². The van der Waals surface area contributed by atoms with Crippen molar-refractivity contribution in [1.82, 2.24) is 15.0 Å². The molecule has 0 aliphatic carbocycles. The first-order chi connectivity index (χ1) is 19.0. The molecule has 40 heavy (non-hydrogen) atoms. The van der Waals surface area contributed by atoms with E-state index in [1.54, 1.807) is 44.2 Å². The SMILES string of the molecule is Cc1noc(N(C)S(=O)(=O)c2ccccc2-c2ccc(-c3ncco3)cc2N2CCN(CC(F)(F)F)CC2)c1C. The fourth-order valence-corrected chi connectivity index (χ4v) is 6.18. The molecule has 0 N–H and O–H groups in total. The lowest BCUT2D eigenvalue weighted by Crippen LogP contribution is -2.49. The Hall–Kier alpha value is -3.84. The van der Waals surface area contributed by atoms with Crippen molar-refractivity contribution in [2.24, 2.45) is 0 Å². The van der Waals surface area contributed by atoms with Crippen LogP contribution in [-0.2, 0) is 10.0 Å². The number of anilines is 2. The molecule has 2 aromatic heterocycles. The van der Waals surface area contributed by atoms with Crippen molar-refractivity contribution in [3.63, 3.8) is 0 Å². The number of alkyl halides is 3. The smallest absolute Gasteiger partial charge is 0.401 e. The number of oxazole rings is 1. The molecule has 0 unspecified atom stereocenters. The maximum atomic E-state index is 13.9. The van der Waals surface area contributed by atoms with Gasteiger partial charge in [0.1, 0.15) is 6.26 Å². The monoisotopic (exact) mass is 575 g/mol. The van der Waals surface area contributed by atoms with Crippen LogP contribution in [0.2, 0.25) is 0 Å². The van der Waals surface area contributed by atoms with Crippen molar-refractivity contribution < 1.29 is 30.5 Å². The molecule has 212 valence electrons. The van der Waals surface area contributed by atoms with Crippen molar-refractivity contribution in [2.45, 2.75) is 24.9 Å². The zero-order valence-electron chi connectivity index (χ0n) is 22.1. The van der Waals surface area contributed by atoms with Crippen LogP contribution in [-0.4, -0.2) is 69.4 Å². The molecule has 4 aromatic rings. The van der Waals surface area contributed by atoms with Gasteiger partial charge in [0, 0.05) is 61.2 Å². The second kappa shape index (κ2) is 10.6. The zero-order chi connectivity index (χ0) is 28.7.